The maximum Gasteiger partial charge on any atom is 0.250 e. The Bertz CT molecular complexity index is 98.2. The topological polar surface area (TPSA) is 63.6 Å². The van der Waals surface area contributed by atoms with E-state index in [0.29, 0.717) is 0 Å². The van der Waals surface area contributed by atoms with E-state index in [4.69, 9.17) is 5.11 Å². The largest absolute Gasteiger partial charge is 0.362 e. The van der Waals surface area contributed by atoms with Crippen LogP contribution in [0.1, 0.15) is 0 Å². The normalized spacial score (nSPS) is 12.8. The van der Waals surface area contributed by atoms with Gasteiger partial charge in [0, 0.05) is 7.11 Å². The third-order valence-electron chi connectivity index (χ3n) is 0.583. The maximum atomic E-state index is 10.00. The van der Waals surface area contributed by atoms with Crippen molar-refractivity contribution in [1.29, 1.82) is 0 Å². The van der Waals surface area contributed by atoms with Gasteiger partial charge in [-0.05, 0) is 0 Å². The molecule has 46 valence electrons. The predicted octanol–water partition coefficient (Wildman–Crippen LogP) is -1.28. The number of ether oxygens (including phenoxy) is 1. The molecule has 0 aliphatic rings. The van der Waals surface area contributed by atoms with E-state index in [1.54, 1.807) is 0 Å². The molecule has 0 aliphatic heterocycles. The second kappa shape index (κ2) is 3.29. The molecule has 1 N–H and O–H groups in total. The van der Waals surface area contributed by atoms with Crippen molar-refractivity contribution in [3.63, 3.8) is 0 Å². The molecule has 0 aromatic rings. The zero-order valence-electron chi connectivity index (χ0n) is 4.33. The Kier molecular flexibility index (Phi) is 2.98. The Morgan fingerprint density at radius 3 is 2.50 bits per heavy atom. The number of carbonyl (C=O) groups excluding carboxylic acids is 2. The Balaban J connectivity index is 3.62. The SMILES string of the molecule is COC(O)C(=O)C=O. The fraction of sp³-hybridized carbons (Fsp3) is 0.500. The molecular weight excluding hydrogens is 112 g/mol. The second-order valence-electron chi connectivity index (χ2n) is 1.11. The molecule has 0 spiro atoms. The van der Waals surface area contributed by atoms with Gasteiger partial charge in [-0.15, -0.1) is 0 Å². The van der Waals surface area contributed by atoms with Crippen molar-refractivity contribution >= 4 is 12.1 Å². The average Bonchev–Trinajstić information content (AvgIpc) is 1.84. The van der Waals surface area contributed by atoms with E-state index in [0.717, 1.165) is 7.11 Å². The first-order valence-corrected chi connectivity index (χ1v) is 1.92. The first kappa shape index (κ1) is 7.26. The van der Waals surface area contributed by atoms with Gasteiger partial charge < -0.3 is 9.84 Å². The van der Waals surface area contributed by atoms with Crippen LogP contribution in [0, 0.1) is 0 Å². The summed E-state index contributed by atoms with van der Waals surface area (Å²) in [5.74, 6) is -0.965. The quantitative estimate of drug-likeness (QED) is 0.285. The van der Waals surface area contributed by atoms with E-state index in [1.807, 2.05) is 0 Å². The summed E-state index contributed by atoms with van der Waals surface area (Å²) in [6, 6.07) is 0. The zero-order chi connectivity index (χ0) is 6.57. The monoisotopic (exact) mass is 118 g/mol. The fourth-order valence-electron chi connectivity index (χ4n) is 0.174. The lowest BCUT2D eigenvalue weighted by atomic mass is 10.4. The van der Waals surface area contributed by atoms with E-state index in [-0.39, 0.29) is 6.29 Å². The number of Topliss-reactive ketones (excluding diaryl/α,β-unsaturated/α-hetero) is 1. The first-order valence-electron chi connectivity index (χ1n) is 1.92. The van der Waals surface area contributed by atoms with Crippen LogP contribution in [-0.2, 0) is 14.3 Å². The van der Waals surface area contributed by atoms with Crippen molar-refractivity contribution in [2.24, 2.45) is 0 Å². The minimum Gasteiger partial charge on any atom is -0.362 e. The number of aliphatic hydroxyl groups excluding tert-OH is 1. The Labute approximate surface area is 46.1 Å². The molecule has 0 amide bonds. The summed E-state index contributed by atoms with van der Waals surface area (Å²) >= 11 is 0. The van der Waals surface area contributed by atoms with E-state index < -0.39 is 12.1 Å². The summed E-state index contributed by atoms with van der Waals surface area (Å²) in [6.45, 7) is 0. The zero-order valence-corrected chi connectivity index (χ0v) is 4.33. The number of ketones is 1. The molecule has 4 nitrogen and oxygen atoms in total. The van der Waals surface area contributed by atoms with Gasteiger partial charge in [-0.3, -0.25) is 9.59 Å². The van der Waals surface area contributed by atoms with Gasteiger partial charge in [-0.2, -0.15) is 0 Å². The van der Waals surface area contributed by atoms with Gasteiger partial charge in [0.1, 0.15) is 0 Å². The van der Waals surface area contributed by atoms with Crippen LogP contribution < -0.4 is 0 Å². The van der Waals surface area contributed by atoms with Crippen LogP contribution in [0.2, 0.25) is 0 Å². The molecule has 0 bridgehead atoms. The van der Waals surface area contributed by atoms with Crippen LogP contribution in [0.25, 0.3) is 0 Å². The molecule has 0 fully saturated rings. The molecule has 1 unspecified atom stereocenters. The minimum absolute atomic E-state index is 0.00810. The highest BCUT2D eigenvalue weighted by Crippen LogP contribution is 1.80. The predicted molar refractivity (Wildman–Crippen MR) is 24.1 cm³/mol. The molecule has 0 aromatic heterocycles. The molecule has 0 saturated heterocycles. The van der Waals surface area contributed by atoms with Gasteiger partial charge >= 0.3 is 0 Å². The van der Waals surface area contributed by atoms with Gasteiger partial charge in [0.25, 0.3) is 5.78 Å². The molecule has 0 aliphatic carbocycles. The van der Waals surface area contributed by atoms with Crippen molar-refractivity contribution in [3.8, 4) is 0 Å². The van der Waals surface area contributed by atoms with E-state index in [2.05, 4.69) is 4.74 Å². The van der Waals surface area contributed by atoms with Gasteiger partial charge in [-0.25, -0.2) is 0 Å². The lowest BCUT2D eigenvalue weighted by Gasteiger charge is -1.98. The minimum atomic E-state index is -1.59. The maximum absolute atomic E-state index is 10.00. The standard InChI is InChI=1S/C4H6O4/c1-8-4(7)3(6)2-5/h2,4,7H,1H3. The van der Waals surface area contributed by atoms with Crippen LogP contribution >= 0.6 is 0 Å². The summed E-state index contributed by atoms with van der Waals surface area (Å²) in [5.41, 5.74) is 0. The second-order valence-corrected chi connectivity index (χ2v) is 1.11. The number of methoxy groups -OCH3 is 1. The number of aliphatic hydroxyl groups is 1. The van der Waals surface area contributed by atoms with Crippen LogP contribution in [0.3, 0.4) is 0 Å². The highest BCUT2D eigenvalue weighted by atomic mass is 16.6. The summed E-state index contributed by atoms with van der Waals surface area (Å²) in [7, 11) is 1.13. The van der Waals surface area contributed by atoms with E-state index in [1.165, 1.54) is 0 Å². The van der Waals surface area contributed by atoms with E-state index in [9.17, 15) is 9.59 Å². The molecule has 8 heavy (non-hydrogen) atoms. The smallest absolute Gasteiger partial charge is 0.250 e. The van der Waals surface area contributed by atoms with Gasteiger partial charge in [-0.1, -0.05) is 0 Å². The number of rotatable bonds is 3. The van der Waals surface area contributed by atoms with Crippen LogP contribution in [0.15, 0.2) is 0 Å². The highest BCUT2D eigenvalue weighted by molar-refractivity contribution is 6.26. The Morgan fingerprint density at radius 1 is 1.88 bits per heavy atom. The average molecular weight is 118 g/mol. The molecule has 4 heteroatoms. The highest BCUT2D eigenvalue weighted by Gasteiger charge is 2.10. The summed E-state index contributed by atoms with van der Waals surface area (Å²) in [5, 5.41) is 8.32. The molecular formula is C4H6O4. The van der Waals surface area contributed by atoms with Crippen LogP contribution in [0.4, 0.5) is 0 Å². The Hall–Kier alpha value is -0.740. The van der Waals surface area contributed by atoms with Gasteiger partial charge in [0.15, 0.2) is 6.29 Å². The van der Waals surface area contributed by atoms with Crippen molar-refractivity contribution in [1.82, 2.24) is 0 Å². The molecule has 0 saturated carbocycles. The van der Waals surface area contributed by atoms with Crippen LogP contribution in [-0.4, -0.2) is 30.6 Å². The third kappa shape index (κ3) is 1.81. The lowest BCUT2D eigenvalue weighted by molar-refractivity contribution is -0.153. The molecule has 0 heterocycles. The first-order chi connectivity index (χ1) is 3.72. The van der Waals surface area contributed by atoms with Crippen molar-refractivity contribution < 1.29 is 19.4 Å². The summed E-state index contributed by atoms with van der Waals surface area (Å²) < 4.78 is 4.08. The summed E-state index contributed by atoms with van der Waals surface area (Å²) in [6.07, 6.45) is -1.58. The number of aldehydes is 1. The van der Waals surface area contributed by atoms with Crippen molar-refractivity contribution in [2.45, 2.75) is 6.29 Å². The molecule has 0 aromatic carbocycles. The van der Waals surface area contributed by atoms with Crippen LogP contribution in [0.5, 0.6) is 0 Å². The van der Waals surface area contributed by atoms with E-state index >= 15 is 0 Å². The fourth-order valence-corrected chi connectivity index (χ4v) is 0.174. The lowest BCUT2D eigenvalue weighted by Crippen LogP contribution is -2.22. The molecule has 0 radical (unpaired) electrons. The molecule has 1 atom stereocenters. The Morgan fingerprint density at radius 2 is 2.38 bits per heavy atom. The third-order valence-corrected chi connectivity index (χ3v) is 0.583. The summed E-state index contributed by atoms with van der Waals surface area (Å²) in [4.78, 5) is 19.5. The van der Waals surface area contributed by atoms with Gasteiger partial charge in [0.2, 0.25) is 6.29 Å². The van der Waals surface area contributed by atoms with Crippen molar-refractivity contribution in [3.05, 3.63) is 0 Å². The number of hydrogen-bond acceptors (Lipinski definition) is 4. The number of hydrogen-bond donors (Lipinski definition) is 1. The van der Waals surface area contributed by atoms with Crippen molar-refractivity contribution in [2.75, 3.05) is 7.11 Å². The molecule has 0 rings (SSSR count). The van der Waals surface area contributed by atoms with Gasteiger partial charge in [0.05, 0.1) is 0 Å². The number of carbonyl (C=O) groups is 2.